The highest BCUT2D eigenvalue weighted by molar-refractivity contribution is 9.10. The average molecular weight is 524 g/mol. The van der Waals surface area contributed by atoms with E-state index in [1.807, 2.05) is 42.5 Å². The maximum absolute atomic E-state index is 12.1. The van der Waals surface area contributed by atoms with E-state index in [1.54, 1.807) is 22.7 Å². The van der Waals surface area contributed by atoms with E-state index in [1.165, 1.54) is 6.08 Å². The number of nitrogens with one attached hydrogen (secondary N) is 1. The van der Waals surface area contributed by atoms with Gasteiger partial charge >= 0.3 is 0 Å². The number of benzene rings is 2. The molecule has 0 bridgehead atoms. The van der Waals surface area contributed by atoms with Crippen LogP contribution >= 0.6 is 39.3 Å². The van der Waals surface area contributed by atoms with E-state index < -0.39 is 0 Å². The maximum Gasteiger partial charge on any atom is 0.244 e. The van der Waals surface area contributed by atoms with E-state index in [0.717, 1.165) is 19.8 Å². The van der Waals surface area contributed by atoms with Gasteiger partial charge in [-0.1, -0.05) is 41.6 Å². The van der Waals surface area contributed by atoms with Gasteiger partial charge < -0.3 is 15.3 Å². The quantitative estimate of drug-likeness (QED) is 0.372. The van der Waals surface area contributed by atoms with Crippen molar-refractivity contribution in [3.8, 4) is 0 Å². The van der Waals surface area contributed by atoms with Gasteiger partial charge in [0.1, 0.15) is 0 Å². The summed E-state index contributed by atoms with van der Waals surface area (Å²) < 4.78 is 1.01. The Kier molecular flexibility index (Phi) is 9.02. The molecule has 0 aromatic heterocycles. The first-order chi connectivity index (χ1) is 15.0. The zero-order chi connectivity index (χ0) is 22.2. The molecule has 0 spiro atoms. The molecule has 1 heterocycles. The number of hydrogen-bond donors (Lipinski definition) is 2. The first-order valence-corrected chi connectivity index (χ1v) is 12.0. The molecule has 164 valence electrons. The van der Waals surface area contributed by atoms with E-state index in [4.69, 9.17) is 16.7 Å². The lowest BCUT2D eigenvalue weighted by Gasteiger charge is -2.16. The van der Waals surface area contributed by atoms with Crippen LogP contribution in [0.25, 0.3) is 6.08 Å². The summed E-state index contributed by atoms with van der Waals surface area (Å²) in [6.07, 6.45) is 4.29. The van der Waals surface area contributed by atoms with Gasteiger partial charge in [-0.2, -0.15) is 0 Å². The second kappa shape index (κ2) is 11.7. The highest BCUT2D eigenvalue weighted by Crippen LogP contribution is 2.37. The lowest BCUT2D eigenvalue weighted by molar-refractivity contribution is -0.127. The van der Waals surface area contributed by atoms with Crippen molar-refractivity contribution in [1.82, 2.24) is 10.2 Å². The summed E-state index contributed by atoms with van der Waals surface area (Å²) in [5.41, 5.74) is 0.842. The predicted octanol–water partition coefficient (Wildman–Crippen LogP) is 4.61. The minimum Gasteiger partial charge on any atom is -0.396 e. The second-order valence-electron chi connectivity index (χ2n) is 7.29. The van der Waals surface area contributed by atoms with Crippen molar-refractivity contribution in [2.75, 3.05) is 26.2 Å². The van der Waals surface area contributed by atoms with E-state index in [0.29, 0.717) is 37.5 Å². The number of nitrogens with zero attached hydrogens (tertiary/aromatic N) is 1. The molecule has 1 atom stereocenters. The zero-order valence-corrected chi connectivity index (χ0v) is 20.0. The number of carbonyl (C=O) groups is 2. The monoisotopic (exact) mass is 522 g/mol. The maximum atomic E-state index is 12.1. The fraction of sp³-hybridized carbons (Fsp3) is 0.304. The third-order valence-electron chi connectivity index (χ3n) is 4.90. The largest absolute Gasteiger partial charge is 0.396 e. The minimum absolute atomic E-state index is 0.0378. The van der Waals surface area contributed by atoms with Gasteiger partial charge in [0.25, 0.3) is 0 Å². The molecule has 2 N–H and O–H groups in total. The lowest BCUT2D eigenvalue weighted by Crippen LogP contribution is -2.30. The van der Waals surface area contributed by atoms with Gasteiger partial charge in [-0.3, -0.25) is 9.59 Å². The molecule has 0 saturated carbocycles. The molecule has 3 rings (SSSR count). The van der Waals surface area contributed by atoms with Crippen LogP contribution in [0.3, 0.4) is 0 Å². The van der Waals surface area contributed by atoms with Gasteiger partial charge in [0.05, 0.1) is 5.02 Å². The summed E-state index contributed by atoms with van der Waals surface area (Å²) in [5, 5.41) is 12.6. The number of rotatable bonds is 9. The molecule has 2 aromatic rings. The van der Waals surface area contributed by atoms with E-state index in [2.05, 4.69) is 21.2 Å². The SMILES string of the molecule is O=C(C=Cc1ccc(Sc2ccccc2Br)c(Cl)c1)NCCCN1C[C@H](CO)CC1=O. The molecule has 1 fully saturated rings. The summed E-state index contributed by atoms with van der Waals surface area (Å²) in [6.45, 7) is 1.71. The molecule has 1 aliphatic heterocycles. The molecule has 31 heavy (non-hydrogen) atoms. The molecular formula is C23H24BrClN2O3S. The Hall–Kier alpha value is -1.80. The van der Waals surface area contributed by atoms with E-state index in [-0.39, 0.29) is 24.3 Å². The average Bonchev–Trinajstić information content (AvgIpc) is 3.12. The summed E-state index contributed by atoms with van der Waals surface area (Å²) >= 11 is 11.5. The standard InChI is InChI=1S/C23H24BrClN2O3S/c24-18-4-1-2-5-20(18)31-21-8-6-16(12-19(21)25)7-9-22(29)26-10-3-11-27-14-17(15-28)13-23(27)30/h1-2,4-9,12,17,28H,3,10-11,13-15H2,(H,26,29)/t17-/m1/s1. The molecule has 2 aromatic carbocycles. The van der Waals surface area contributed by atoms with Gasteiger partial charge in [-0.15, -0.1) is 0 Å². The number of carbonyl (C=O) groups excluding carboxylic acids is 2. The molecule has 0 unspecified atom stereocenters. The Bertz CT molecular complexity index is 970. The lowest BCUT2D eigenvalue weighted by atomic mass is 10.1. The summed E-state index contributed by atoms with van der Waals surface area (Å²) in [4.78, 5) is 27.6. The van der Waals surface area contributed by atoms with Gasteiger partial charge in [0, 0.05) is 58.9 Å². The highest BCUT2D eigenvalue weighted by Gasteiger charge is 2.28. The number of halogens is 2. The Labute approximate surface area is 200 Å². The Morgan fingerprint density at radius 1 is 1.29 bits per heavy atom. The predicted molar refractivity (Wildman–Crippen MR) is 128 cm³/mol. The van der Waals surface area contributed by atoms with Gasteiger partial charge in [-0.25, -0.2) is 0 Å². The number of hydrogen-bond acceptors (Lipinski definition) is 4. The molecule has 2 amide bonds. The molecule has 0 radical (unpaired) electrons. The number of likely N-dealkylation sites (tertiary alicyclic amines) is 1. The molecule has 1 saturated heterocycles. The van der Waals surface area contributed by atoms with E-state index in [9.17, 15) is 9.59 Å². The topological polar surface area (TPSA) is 69.6 Å². The van der Waals surface area contributed by atoms with Gasteiger partial charge in [-0.05, 0) is 58.3 Å². The minimum atomic E-state index is -0.191. The normalized spacial score (nSPS) is 16.3. The summed E-state index contributed by atoms with van der Waals surface area (Å²) in [5.74, 6) is -0.0805. The van der Waals surface area contributed by atoms with Crippen molar-refractivity contribution in [3.63, 3.8) is 0 Å². The smallest absolute Gasteiger partial charge is 0.244 e. The van der Waals surface area contributed by atoms with Crippen molar-refractivity contribution >= 4 is 57.2 Å². The van der Waals surface area contributed by atoms with Crippen LogP contribution in [0.1, 0.15) is 18.4 Å². The van der Waals surface area contributed by atoms with Gasteiger partial charge in [0.15, 0.2) is 0 Å². The fourth-order valence-corrected chi connectivity index (χ4v) is 4.93. The third-order valence-corrected chi connectivity index (χ3v) is 7.43. The Morgan fingerprint density at radius 3 is 2.81 bits per heavy atom. The van der Waals surface area contributed by atoms with Crippen LogP contribution in [0.15, 0.2) is 62.8 Å². The van der Waals surface area contributed by atoms with E-state index >= 15 is 0 Å². The van der Waals surface area contributed by atoms with Gasteiger partial charge in [0.2, 0.25) is 11.8 Å². The molecule has 0 aliphatic carbocycles. The summed E-state index contributed by atoms with van der Waals surface area (Å²) in [6, 6.07) is 13.6. The van der Waals surface area contributed by atoms with Crippen LogP contribution in [0.4, 0.5) is 0 Å². The van der Waals surface area contributed by atoms with Crippen molar-refractivity contribution in [2.45, 2.75) is 22.6 Å². The van der Waals surface area contributed by atoms with Crippen LogP contribution in [0.2, 0.25) is 5.02 Å². The van der Waals surface area contributed by atoms with Crippen molar-refractivity contribution in [2.24, 2.45) is 5.92 Å². The molecule has 5 nitrogen and oxygen atoms in total. The Morgan fingerprint density at radius 2 is 2.10 bits per heavy atom. The second-order valence-corrected chi connectivity index (χ2v) is 9.64. The highest BCUT2D eigenvalue weighted by atomic mass is 79.9. The molecule has 1 aliphatic rings. The fourth-order valence-electron chi connectivity index (χ4n) is 3.25. The van der Waals surface area contributed by atoms with Crippen molar-refractivity contribution < 1.29 is 14.7 Å². The third kappa shape index (κ3) is 7.10. The van der Waals surface area contributed by atoms with Crippen LogP contribution in [0.5, 0.6) is 0 Å². The first kappa shape index (κ1) is 23.9. The number of aliphatic hydroxyl groups excluding tert-OH is 1. The van der Waals surface area contributed by atoms with Crippen LogP contribution in [0, 0.1) is 5.92 Å². The van der Waals surface area contributed by atoms with Crippen molar-refractivity contribution in [3.05, 3.63) is 63.6 Å². The number of aliphatic hydroxyl groups is 1. The van der Waals surface area contributed by atoms with Crippen LogP contribution in [-0.4, -0.2) is 48.1 Å². The first-order valence-electron chi connectivity index (χ1n) is 10.0. The summed E-state index contributed by atoms with van der Waals surface area (Å²) in [7, 11) is 0. The van der Waals surface area contributed by atoms with Crippen LogP contribution < -0.4 is 5.32 Å². The Balaban J connectivity index is 1.44. The number of amides is 2. The zero-order valence-electron chi connectivity index (χ0n) is 16.9. The van der Waals surface area contributed by atoms with Crippen LogP contribution in [-0.2, 0) is 9.59 Å². The molecule has 8 heteroatoms. The van der Waals surface area contributed by atoms with Crippen molar-refractivity contribution in [1.29, 1.82) is 0 Å². The molecular weight excluding hydrogens is 500 g/mol.